The average molecular weight is 342 g/mol. The van der Waals surface area contributed by atoms with Gasteiger partial charge in [-0.25, -0.2) is 13.8 Å². The molecule has 20 heavy (non-hydrogen) atoms. The van der Waals surface area contributed by atoms with Gasteiger partial charge >= 0.3 is 0 Å². The molecule has 0 bridgehead atoms. The molecule has 0 saturated heterocycles. The number of aromatic nitrogens is 1. The first-order valence-corrected chi connectivity index (χ1v) is 6.41. The number of pyridine rings is 1. The summed E-state index contributed by atoms with van der Waals surface area (Å²) in [5.74, 6) is -2.74. The van der Waals surface area contributed by atoms with Gasteiger partial charge in [-0.2, -0.15) is 0 Å². The molecule has 7 heteroatoms. The molecule has 104 valence electrons. The molecule has 0 radical (unpaired) electrons. The van der Waals surface area contributed by atoms with Crippen LogP contribution >= 0.6 is 15.9 Å². The summed E-state index contributed by atoms with van der Waals surface area (Å²) in [7, 11) is 0. The van der Waals surface area contributed by atoms with Crippen molar-refractivity contribution in [3.05, 3.63) is 57.8 Å². The summed E-state index contributed by atoms with van der Waals surface area (Å²) in [6.07, 6.45) is 0. The van der Waals surface area contributed by atoms with Crippen molar-refractivity contribution in [2.75, 3.05) is 5.32 Å². The van der Waals surface area contributed by atoms with Gasteiger partial charge in [-0.15, -0.1) is 0 Å². The fraction of sp³-hybridized carbons (Fsp3) is 0.0769. The van der Waals surface area contributed by atoms with Crippen LogP contribution in [0.5, 0.6) is 0 Å². The number of amides is 1. The Morgan fingerprint density at radius 1 is 1.30 bits per heavy atom. The second kappa shape index (κ2) is 5.96. The Morgan fingerprint density at radius 3 is 2.70 bits per heavy atom. The molecule has 0 atom stereocenters. The van der Waals surface area contributed by atoms with Crippen molar-refractivity contribution >= 4 is 27.5 Å². The maximum absolute atomic E-state index is 13.6. The normalized spacial score (nSPS) is 10.3. The number of hydrogen-bond donors (Lipinski definition) is 2. The molecule has 1 amide bonds. The molecular formula is C13H10BrF2N3O. The highest BCUT2D eigenvalue weighted by atomic mass is 79.9. The SMILES string of the molecule is NC(=O)c1cc(NCc2cccc(Br)n2)c(F)cc1F. The lowest BCUT2D eigenvalue weighted by Crippen LogP contribution is -2.14. The van der Waals surface area contributed by atoms with Gasteiger partial charge < -0.3 is 11.1 Å². The van der Waals surface area contributed by atoms with Gasteiger partial charge in [-0.05, 0) is 34.1 Å². The van der Waals surface area contributed by atoms with Crippen molar-refractivity contribution in [2.24, 2.45) is 5.73 Å². The Bertz CT molecular complexity index is 664. The van der Waals surface area contributed by atoms with E-state index in [1.54, 1.807) is 18.2 Å². The minimum absolute atomic E-state index is 0.0121. The van der Waals surface area contributed by atoms with E-state index in [2.05, 4.69) is 26.2 Å². The summed E-state index contributed by atoms with van der Waals surface area (Å²) < 4.78 is 27.5. The standard InChI is InChI=1S/C13H10BrF2N3O/c14-12-3-1-2-7(19-12)6-18-11-4-8(13(17)20)9(15)5-10(11)16/h1-5,18H,6H2,(H2,17,20). The van der Waals surface area contributed by atoms with Crippen LogP contribution < -0.4 is 11.1 Å². The van der Waals surface area contributed by atoms with Gasteiger partial charge in [-0.1, -0.05) is 6.07 Å². The smallest absolute Gasteiger partial charge is 0.251 e. The van der Waals surface area contributed by atoms with Crippen LogP contribution in [0.1, 0.15) is 16.1 Å². The topological polar surface area (TPSA) is 68.0 Å². The zero-order chi connectivity index (χ0) is 14.7. The third-order valence-electron chi connectivity index (χ3n) is 2.55. The van der Waals surface area contributed by atoms with Crippen LogP contribution in [0.15, 0.2) is 34.9 Å². The molecule has 1 aromatic carbocycles. The lowest BCUT2D eigenvalue weighted by molar-refractivity contribution is 0.0996. The van der Waals surface area contributed by atoms with Gasteiger partial charge in [0.15, 0.2) is 0 Å². The molecule has 0 aliphatic carbocycles. The van der Waals surface area contributed by atoms with E-state index in [4.69, 9.17) is 5.73 Å². The number of nitrogens with two attached hydrogens (primary N) is 1. The number of hydrogen-bond acceptors (Lipinski definition) is 3. The molecule has 2 aromatic rings. The number of anilines is 1. The van der Waals surface area contributed by atoms with Crippen LogP contribution in [0.25, 0.3) is 0 Å². The molecular weight excluding hydrogens is 332 g/mol. The average Bonchev–Trinajstić information content (AvgIpc) is 2.37. The molecule has 4 nitrogen and oxygen atoms in total. The first-order chi connectivity index (χ1) is 9.47. The monoisotopic (exact) mass is 341 g/mol. The van der Waals surface area contributed by atoms with Crippen molar-refractivity contribution < 1.29 is 13.6 Å². The summed E-state index contributed by atoms with van der Waals surface area (Å²) in [5, 5.41) is 2.75. The van der Waals surface area contributed by atoms with E-state index in [1.807, 2.05) is 0 Å². The van der Waals surface area contributed by atoms with Crippen molar-refractivity contribution in [3.63, 3.8) is 0 Å². The van der Waals surface area contributed by atoms with Crippen LogP contribution in [0.3, 0.4) is 0 Å². The molecule has 1 heterocycles. The molecule has 1 aromatic heterocycles. The Labute approximate surface area is 122 Å². The number of carbonyl (C=O) groups is 1. The van der Waals surface area contributed by atoms with Gasteiger partial charge in [0.1, 0.15) is 16.2 Å². The summed E-state index contributed by atoms with van der Waals surface area (Å²) in [6.45, 7) is 0.222. The lowest BCUT2D eigenvalue weighted by atomic mass is 10.1. The molecule has 2 rings (SSSR count). The van der Waals surface area contributed by atoms with Crippen LogP contribution in [0.4, 0.5) is 14.5 Å². The van der Waals surface area contributed by atoms with Gasteiger partial charge in [-0.3, -0.25) is 4.79 Å². The van der Waals surface area contributed by atoms with Crippen molar-refractivity contribution in [2.45, 2.75) is 6.54 Å². The van der Waals surface area contributed by atoms with E-state index in [0.29, 0.717) is 16.4 Å². The fourth-order valence-electron chi connectivity index (χ4n) is 1.61. The number of nitrogens with zero attached hydrogens (tertiary/aromatic N) is 1. The van der Waals surface area contributed by atoms with Crippen molar-refractivity contribution in [1.82, 2.24) is 4.98 Å². The van der Waals surface area contributed by atoms with Gasteiger partial charge in [0.05, 0.1) is 23.5 Å². The molecule has 0 saturated carbocycles. The van der Waals surface area contributed by atoms with Crippen molar-refractivity contribution in [1.29, 1.82) is 0 Å². The summed E-state index contributed by atoms with van der Waals surface area (Å²) in [6, 6.07) is 6.95. The third-order valence-corrected chi connectivity index (χ3v) is 3.00. The minimum Gasteiger partial charge on any atom is -0.377 e. The first kappa shape index (κ1) is 14.4. The molecule has 0 aliphatic heterocycles. The third kappa shape index (κ3) is 3.30. The highest BCUT2D eigenvalue weighted by molar-refractivity contribution is 9.10. The number of primary amides is 1. The fourth-order valence-corrected chi connectivity index (χ4v) is 1.99. The predicted molar refractivity (Wildman–Crippen MR) is 74.1 cm³/mol. The molecule has 0 unspecified atom stereocenters. The van der Waals surface area contributed by atoms with E-state index in [9.17, 15) is 13.6 Å². The zero-order valence-electron chi connectivity index (χ0n) is 10.2. The maximum atomic E-state index is 13.6. The minimum atomic E-state index is -0.985. The quantitative estimate of drug-likeness (QED) is 0.840. The van der Waals surface area contributed by atoms with Crippen molar-refractivity contribution in [3.8, 4) is 0 Å². The summed E-state index contributed by atoms with van der Waals surface area (Å²) >= 11 is 3.22. The Balaban J connectivity index is 2.21. The number of carbonyl (C=O) groups excluding carboxylic acids is 1. The van der Waals surface area contributed by atoms with Gasteiger partial charge in [0.25, 0.3) is 5.91 Å². The zero-order valence-corrected chi connectivity index (χ0v) is 11.7. The number of rotatable bonds is 4. The number of halogens is 3. The molecule has 3 N–H and O–H groups in total. The first-order valence-electron chi connectivity index (χ1n) is 5.61. The number of nitrogens with one attached hydrogen (secondary N) is 1. The predicted octanol–water partition coefficient (Wildman–Crippen LogP) is 2.83. The van der Waals surface area contributed by atoms with E-state index in [0.717, 1.165) is 6.07 Å². The molecule has 0 aliphatic rings. The lowest BCUT2D eigenvalue weighted by Gasteiger charge is -2.09. The highest BCUT2D eigenvalue weighted by Crippen LogP contribution is 2.20. The second-order valence-corrected chi connectivity index (χ2v) is 4.79. The number of benzene rings is 1. The van der Waals surface area contributed by atoms with E-state index < -0.39 is 17.5 Å². The summed E-state index contributed by atoms with van der Waals surface area (Å²) in [5.41, 5.74) is 5.29. The van der Waals surface area contributed by atoms with E-state index >= 15 is 0 Å². The van der Waals surface area contributed by atoms with E-state index in [1.165, 1.54) is 0 Å². The van der Waals surface area contributed by atoms with Crippen LogP contribution in [-0.4, -0.2) is 10.9 Å². The second-order valence-electron chi connectivity index (χ2n) is 3.98. The molecule has 0 spiro atoms. The van der Waals surface area contributed by atoms with Gasteiger partial charge in [0.2, 0.25) is 0 Å². The Kier molecular flexibility index (Phi) is 4.29. The highest BCUT2D eigenvalue weighted by Gasteiger charge is 2.13. The molecule has 0 fully saturated rings. The maximum Gasteiger partial charge on any atom is 0.251 e. The van der Waals surface area contributed by atoms with Gasteiger partial charge in [0, 0.05) is 6.07 Å². The summed E-state index contributed by atoms with van der Waals surface area (Å²) in [4.78, 5) is 15.2. The Morgan fingerprint density at radius 2 is 2.05 bits per heavy atom. The van der Waals surface area contributed by atoms with E-state index in [-0.39, 0.29) is 17.8 Å². The largest absolute Gasteiger partial charge is 0.377 e. The van der Waals surface area contributed by atoms with Crippen LogP contribution in [-0.2, 0) is 6.54 Å². The van der Waals surface area contributed by atoms with Crippen LogP contribution in [0, 0.1) is 11.6 Å². The van der Waals surface area contributed by atoms with Crippen LogP contribution in [0.2, 0.25) is 0 Å². The Hall–Kier alpha value is -2.02.